The van der Waals surface area contributed by atoms with Crippen molar-refractivity contribution < 1.29 is 0 Å². The lowest BCUT2D eigenvalue weighted by Crippen LogP contribution is -2.29. The van der Waals surface area contributed by atoms with Gasteiger partial charge in [0.25, 0.3) is 0 Å². The molecule has 1 saturated heterocycles. The van der Waals surface area contributed by atoms with Crippen LogP contribution in [0.2, 0.25) is 0 Å². The van der Waals surface area contributed by atoms with Gasteiger partial charge in [-0.1, -0.05) is 12.1 Å². The first kappa shape index (κ1) is 9.85. The summed E-state index contributed by atoms with van der Waals surface area (Å²) < 4.78 is 2.30. The molecule has 0 aliphatic carbocycles. The molecule has 3 nitrogen and oxygen atoms in total. The highest BCUT2D eigenvalue weighted by Crippen LogP contribution is 2.18. The number of piperidine rings is 1. The molecule has 1 N–H and O–H groups in total. The zero-order valence-corrected chi connectivity index (χ0v) is 9.39. The van der Waals surface area contributed by atoms with E-state index in [2.05, 4.69) is 33.1 Å². The first-order chi connectivity index (χ1) is 7.93. The van der Waals surface area contributed by atoms with E-state index in [9.17, 15) is 0 Å². The molecule has 2 aromatic rings. The van der Waals surface area contributed by atoms with Gasteiger partial charge >= 0.3 is 0 Å². The third-order valence-electron chi connectivity index (χ3n) is 3.44. The van der Waals surface area contributed by atoms with Gasteiger partial charge in [-0.2, -0.15) is 0 Å². The molecule has 1 aromatic heterocycles. The molecular weight excluding hydrogens is 198 g/mol. The third-order valence-corrected chi connectivity index (χ3v) is 3.44. The van der Waals surface area contributed by atoms with Gasteiger partial charge < -0.3 is 9.88 Å². The minimum atomic E-state index is 0.804. The van der Waals surface area contributed by atoms with E-state index in [1.54, 1.807) is 0 Å². The predicted molar refractivity (Wildman–Crippen MR) is 65.3 cm³/mol. The monoisotopic (exact) mass is 215 g/mol. The highest BCUT2D eigenvalue weighted by Gasteiger charge is 2.14. The van der Waals surface area contributed by atoms with Crippen molar-refractivity contribution in [2.24, 2.45) is 5.92 Å². The summed E-state index contributed by atoms with van der Waals surface area (Å²) in [5, 5.41) is 3.41. The van der Waals surface area contributed by atoms with Crippen molar-refractivity contribution in [3.05, 3.63) is 30.6 Å². The number of para-hydroxylation sites is 2. The number of hydrogen-bond acceptors (Lipinski definition) is 2. The summed E-state index contributed by atoms with van der Waals surface area (Å²) in [6.45, 7) is 3.44. The first-order valence-corrected chi connectivity index (χ1v) is 6.04. The third kappa shape index (κ3) is 1.83. The maximum absolute atomic E-state index is 4.43. The Morgan fingerprint density at radius 3 is 2.94 bits per heavy atom. The first-order valence-electron chi connectivity index (χ1n) is 6.04. The van der Waals surface area contributed by atoms with Gasteiger partial charge in [-0.3, -0.25) is 0 Å². The zero-order valence-electron chi connectivity index (χ0n) is 9.39. The van der Waals surface area contributed by atoms with Crippen molar-refractivity contribution in [2.75, 3.05) is 13.1 Å². The van der Waals surface area contributed by atoms with E-state index in [0.717, 1.165) is 31.1 Å². The number of aromatic nitrogens is 2. The smallest absolute Gasteiger partial charge is 0.0958 e. The van der Waals surface area contributed by atoms with E-state index in [4.69, 9.17) is 0 Å². The topological polar surface area (TPSA) is 29.9 Å². The average Bonchev–Trinajstić information content (AvgIpc) is 2.74. The molecular formula is C13H17N3. The van der Waals surface area contributed by atoms with Gasteiger partial charge in [0.15, 0.2) is 0 Å². The molecule has 1 aromatic carbocycles. The Labute approximate surface area is 95.5 Å². The molecule has 0 atom stereocenters. The molecule has 0 amide bonds. The highest BCUT2D eigenvalue weighted by atomic mass is 15.0. The molecule has 0 spiro atoms. The predicted octanol–water partition coefficient (Wildman–Crippen LogP) is 2.04. The number of imidazole rings is 1. The lowest BCUT2D eigenvalue weighted by molar-refractivity contribution is 0.336. The van der Waals surface area contributed by atoms with Crippen molar-refractivity contribution in [1.82, 2.24) is 14.9 Å². The second-order valence-corrected chi connectivity index (χ2v) is 4.58. The summed E-state index contributed by atoms with van der Waals surface area (Å²) >= 11 is 0. The Balaban J connectivity index is 1.83. The summed E-state index contributed by atoms with van der Waals surface area (Å²) in [6.07, 6.45) is 4.55. The van der Waals surface area contributed by atoms with Crippen LogP contribution in [0.1, 0.15) is 12.8 Å². The number of rotatable bonds is 2. The van der Waals surface area contributed by atoms with Gasteiger partial charge in [-0.15, -0.1) is 0 Å². The largest absolute Gasteiger partial charge is 0.330 e. The van der Waals surface area contributed by atoms with Crippen LogP contribution in [0, 0.1) is 5.92 Å². The maximum Gasteiger partial charge on any atom is 0.0958 e. The second kappa shape index (κ2) is 4.26. The molecule has 2 heterocycles. The van der Waals surface area contributed by atoms with Gasteiger partial charge in [0.05, 0.1) is 17.4 Å². The molecule has 84 valence electrons. The van der Waals surface area contributed by atoms with Gasteiger partial charge in [0, 0.05) is 6.54 Å². The fourth-order valence-corrected chi connectivity index (χ4v) is 2.50. The van der Waals surface area contributed by atoms with Crippen LogP contribution in [0.25, 0.3) is 11.0 Å². The van der Waals surface area contributed by atoms with Crippen LogP contribution in [0.15, 0.2) is 30.6 Å². The number of fused-ring (bicyclic) bond motifs is 1. The van der Waals surface area contributed by atoms with Gasteiger partial charge in [-0.05, 0) is 44.0 Å². The minimum absolute atomic E-state index is 0.804. The van der Waals surface area contributed by atoms with Crippen LogP contribution in [-0.4, -0.2) is 22.6 Å². The van der Waals surface area contributed by atoms with Crippen LogP contribution in [0.3, 0.4) is 0 Å². The summed E-state index contributed by atoms with van der Waals surface area (Å²) in [5.74, 6) is 0.804. The Morgan fingerprint density at radius 2 is 2.06 bits per heavy atom. The van der Waals surface area contributed by atoms with Gasteiger partial charge in [0.1, 0.15) is 0 Å². The van der Waals surface area contributed by atoms with Crippen LogP contribution < -0.4 is 5.32 Å². The quantitative estimate of drug-likeness (QED) is 0.830. The van der Waals surface area contributed by atoms with E-state index in [1.165, 1.54) is 18.4 Å². The van der Waals surface area contributed by atoms with Crippen molar-refractivity contribution in [3.8, 4) is 0 Å². The lowest BCUT2D eigenvalue weighted by Gasteiger charge is -2.23. The van der Waals surface area contributed by atoms with Crippen molar-refractivity contribution in [2.45, 2.75) is 19.4 Å². The SMILES string of the molecule is c1ccc2c(c1)ncn2CC1CCNCC1. The minimum Gasteiger partial charge on any atom is -0.330 e. The number of hydrogen-bond donors (Lipinski definition) is 1. The molecule has 0 saturated carbocycles. The number of nitrogens with zero attached hydrogens (tertiary/aromatic N) is 2. The van der Waals surface area contributed by atoms with Gasteiger partial charge in [0.2, 0.25) is 0 Å². The fourth-order valence-electron chi connectivity index (χ4n) is 2.50. The average molecular weight is 215 g/mol. The Bertz CT molecular complexity index is 469. The second-order valence-electron chi connectivity index (χ2n) is 4.58. The number of nitrogens with one attached hydrogen (secondary N) is 1. The maximum atomic E-state index is 4.43. The van der Waals surface area contributed by atoms with Crippen molar-refractivity contribution in [3.63, 3.8) is 0 Å². The molecule has 3 rings (SSSR count). The van der Waals surface area contributed by atoms with Gasteiger partial charge in [-0.25, -0.2) is 4.98 Å². The van der Waals surface area contributed by atoms with E-state index in [0.29, 0.717) is 0 Å². The van der Waals surface area contributed by atoms with Crippen LogP contribution in [0.5, 0.6) is 0 Å². The molecule has 3 heteroatoms. The molecule has 1 aliphatic rings. The van der Waals surface area contributed by atoms with Crippen LogP contribution in [-0.2, 0) is 6.54 Å². The Morgan fingerprint density at radius 1 is 1.25 bits per heavy atom. The van der Waals surface area contributed by atoms with E-state index >= 15 is 0 Å². The van der Waals surface area contributed by atoms with E-state index in [1.807, 2.05) is 12.4 Å². The van der Waals surface area contributed by atoms with Crippen LogP contribution in [0.4, 0.5) is 0 Å². The van der Waals surface area contributed by atoms with E-state index < -0.39 is 0 Å². The summed E-state index contributed by atoms with van der Waals surface area (Å²) in [4.78, 5) is 4.43. The Kier molecular flexibility index (Phi) is 2.62. The zero-order chi connectivity index (χ0) is 10.8. The normalized spacial score (nSPS) is 18.0. The van der Waals surface area contributed by atoms with E-state index in [-0.39, 0.29) is 0 Å². The Hall–Kier alpha value is -1.35. The molecule has 1 aliphatic heterocycles. The summed E-state index contributed by atoms with van der Waals surface area (Å²) in [6, 6.07) is 8.37. The summed E-state index contributed by atoms with van der Waals surface area (Å²) in [7, 11) is 0. The van der Waals surface area contributed by atoms with Crippen molar-refractivity contribution in [1.29, 1.82) is 0 Å². The standard InChI is InChI=1S/C13H17N3/c1-2-4-13-12(3-1)15-10-16(13)9-11-5-7-14-8-6-11/h1-4,10-11,14H,5-9H2. The van der Waals surface area contributed by atoms with Crippen molar-refractivity contribution >= 4 is 11.0 Å². The lowest BCUT2D eigenvalue weighted by atomic mass is 9.98. The molecule has 16 heavy (non-hydrogen) atoms. The highest BCUT2D eigenvalue weighted by molar-refractivity contribution is 5.74. The summed E-state index contributed by atoms with van der Waals surface area (Å²) in [5.41, 5.74) is 2.37. The fraction of sp³-hybridized carbons (Fsp3) is 0.462. The molecule has 0 bridgehead atoms. The van der Waals surface area contributed by atoms with Crippen LogP contribution >= 0.6 is 0 Å². The molecule has 0 unspecified atom stereocenters. The molecule has 0 radical (unpaired) electrons. The number of benzene rings is 1. The molecule has 1 fully saturated rings.